The maximum Gasteiger partial charge on any atom is 0.265 e. The van der Waals surface area contributed by atoms with Crippen LogP contribution < -0.4 is 10.2 Å². The first-order valence-electron chi connectivity index (χ1n) is 10.4. The molecule has 0 aromatic carbocycles. The minimum absolute atomic E-state index is 0.0109. The van der Waals surface area contributed by atoms with Crippen molar-refractivity contribution in [2.45, 2.75) is 56.7 Å². The van der Waals surface area contributed by atoms with Gasteiger partial charge in [0.05, 0.1) is 12.4 Å². The van der Waals surface area contributed by atoms with Gasteiger partial charge in [0.1, 0.15) is 5.82 Å². The van der Waals surface area contributed by atoms with Crippen molar-refractivity contribution in [3.8, 4) is 0 Å². The van der Waals surface area contributed by atoms with E-state index >= 15 is 0 Å². The highest BCUT2D eigenvalue weighted by Crippen LogP contribution is 2.40. The van der Waals surface area contributed by atoms with Crippen molar-refractivity contribution in [2.24, 2.45) is 0 Å². The van der Waals surface area contributed by atoms with Gasteiger partial charge in [0.25, 0.3) is 6.43 Å². The number of piperidine rings is 1. The summed E-state index contributed by atoms with van der Waals surface area (Å²) in [5.74, 6) is 0.862. The number of halogens is 2. The molecular weight excluding hydrogens is 428 g/mol. The first-order valence-corrected chi connectivity index (χ1v) is 12.2. The molecule has 1 aromatic heterocycles. The number of hydrogen-bond donors (Lipinski definition) is 2. The molecule has 0 unspecified atom stereocenters. The quantitative estimate of drug-likeness (QED) is 0.702. The molecule has 1 aliphatic carbocycles. The molecule has 170 valence electrons. The van der Waals surface area contributed by atoms with Gasteiger partial charge in [-0.15, -0.1) is 0 Å². The van der Waals surface area contributed by atoms with Gasteiger partial charge >= 0.3 is 0 Å². The second-order valence-electron chi connectivity index (χ2n) is 8.39. The fraction of sp³-hybridized carbons (Fsp3) is 0.600. The Morgan fingerprint density at radius 2 is 1.97 bits per heavy atom. The number of allylic oxidation sites excluding steroid dienone is 1. The van der Waals surface area contributed by atoms with Gasteiger partial charge in [-0.3, -0.25) is 0 Å². The maximum absolute atomic E-state index is 13.6. The van der Waals surface area contributed by atoms with E-state index in [4.69, 9.17) is 0 Å². The molecule has 31 heavy (non-hydrogen) atoms. The number of aliphatic hydroxyl groups is 1. The average molecular weight is 456 g/mol. The highest BCUT2D eigenvalue weighted by Gasteiger charge is 2.37. The molecule has 2 atom stereocenters. The van der Waals surface area contributed by atoms with E-state index in [0.717, 1.165) is 0 Å². The van der Waals surface area contributed by atoms with Crippen molar-refractivity contribution in [2.75, 3.05) is 29.6 Å². The summed E-state index contributed by atoms with van der Waals surface area (Å²) < 4.78 is 52.0. The zero-order valence-electron chi connectivity index (χ0n) is 17.3. The summed E-state index contributed by atoms with van der Waals surface area (Å²) in [4.78, 5) is 10.6. The van der Waals surface area contributed by atoms with E-state index in [1.165, 1.54) is 22.8 Å². The fourth-order valence-electron chi connectivity index (χ4n) is 4.53. The third kappa shape index (κ3) is 4.58. The van der Waals surface area contributed by atoms with Crippen LogP contribution in [0.3, 0.4) is 0 Å². The number of fused-ring (bicyclic) bond motifs is 1. The van der Waals surface area contributed by atoms with Gasteiger partial charge in [-0.05, 0) is 38.2 Å². The summed E-state index contributed by atoms with van der Waals surface area (Å²) in [6.07, 6.45) is 3.92. The Bertz CT molecular complexity index is 993. The van der Waals surface area contributed by atoms with Crippen LogP contribution in [-0.4, -0.2) is 71.8 Å². The lowest BCUT2D eigenvalue weighted by Crippen LogP contribution is -2.42. The maximum atomic E-state index is 13.6. The van der Waals surface area contributed by atoms with Crippen LogP contribution in [0.2, 0.25) is 0 Å². The summed E-state index contributed by atoms with van der Waals surface area (Å²) in [7, 11) is -3.20. The third-order valence-corrected chi connectivity index (χ3v) is 7.50. The molecule has 3 heterocycles. The molecule has 11 heteroatoms. The van der Waals surface area contributed by atoms with Gasteiger partial charge in [-0.2, -0.15) is 4.98 Å². The Morgan fingerprint density at radius 3 is 2.55 bits per heavy atom. The summed E-state index contributed by atoms with van der Waals surface area (Å²) in [6, 6.07) is -0.152. The number of alkyl halides is 2. The molecule has 1 saturated heterocycles. The molecule has 8 nitrogen and oxygen atoms in total. The highest BCUT2D eigenvalue weighted by molar-refractivity contribution is 7.88. The molecule has 0 radical (unpaired) electrons. The highest BCUT2D eigenvalue weighted by atomic mass is 32.2. The molecular formula is C20H27F2N5O3S. The summed E-state index contributed by atoms with van der Waals surface area (Å²) in [6.45, 7) is 4.74. The van der Waals surface area contributed by atoms with E-state index in [1.54, 1.807) is 4.90 Å². The first-order chi connectivity index (χ1) is 14.6. The largest absolute Gasteiger partial charge is 0.393 e. The average Bonchev–Trinajstić information content (AvgIpc) is 3.12. The van der Waals surface area contributed by atoms with E-state index in [1.807, 2.05) is 0 Å². The standard InChI is InChI=1S/C20H27F2N5O3S/c1-12-17(18(21)22)9-13-11-23-20(24-14-5-7-26(8-6-14)31(2,29)30)25-19(13)27(12)15-3-4-16(28)10-15/h9,11,14-16,18,28H,1,3-8,10H2,2H3,(H,23,24,25)/t15-,16-/m0/s1. The minimum atomic E-state index is -3.20. The third-order valence-electron chi connectivity index (χ3n) is 6.19. The number of nitrogens with one attached hydrogen (secondary N) is 1. The number of aliphatic hydroxyl groups excluding tert-OH is 1. The first kappa shape index (κ1) is 22.1. The monoisotopic (exact) mass is 455 g/mol. The molecule has 0 spiro atoms. The lowest BCUT2D eigenvalue weighted by Gasteiger charge is -2.37. The molecule has 1 aromatic rings. The Hall–Kier alpha value is -2.11. The summed E-state index contributed by atoms with van der Waals surface area (Å²) in [5.41, 5.74) is 0.528. The van der Waals surface area contributed by atoms with Crippen molar-refractivity contribution >= 4 is 27.9 Å². The Kier molecular flexibility index (Phi) is 6.01. The van der Waals surface area contributed by atoms with Crippen molar-refractivity contribution in [1.82, 2.24) is 14.3 Å². The normalized spacial score (nSPS) is 25.6. The molecule has 0 amide bonds. The second kappa shape index (κ2) is 8.44. The van der Waals surface area contributed by atoms with E-state index in [2.05, 4.69) is 21.9 Å². The molecule has 4 rings (SSSR count). The van der Waals surface area contributed by atoms with E-state index in [-0.39, 0.29) is 23.4 Å². The van der Waals surface area contributed by atoms with Gasteiger partial charge < -0.3 is 15.3 Å². The van der Waals surface area contributed by atoms with Crippen LogP contribution >= 0.6 is 0 Å². The predicted molar refractivity (Wildman–Crippen MR) is 114 cm³/mol. The number of sulfonamides is 1. The van der Waals surface area contributed by atoms with Crippen LogP contribution in [0.25, 0.3) is 6.08 Å². The van der Waals surface area contributed by atoms with E-state index in [0.29, 0.717) is 62.5 Å². The topological polar surface area (TPSA) is 98.7 Å². The number of hydrogen-bond acceptors (Lipinski definition) is 7. The number of nitrogens with zero attached hydrogens (tertiary/aromatic N) is 4. The van der Waals surface area contributed by atoms with Crippen LogP contribution in [-0.2, 0) is 10.0 Å². The lowest BCUT2D eigenvalue weighted by molar-refractivity contribution is 0.181. The van der Waals surface area contributed by atoms with Crippen LogP contribution in [0.15, 0.2) is 24.0 Å². The molecule has 2 N–H and O–H groups in total. The van der Waals surface area contributed by atoms with Crippen LogP contribution in [0.4, 0.5) is 20.5 Å². The zero-order valence-corrected chi connectivity index (χ0v) is 18.2. The fourth-order valence-corrected chi connectivity index (χ4v) is 5.40. The number of anilines is 2. The van der Waals surface area contributed by atoms with Crippen molar-refractivity contribution in [1.29, 1.82) is 0 Å². The van der Waals surface area contributed by atoms with E-state index < -0.39 is 22.6 Å². The van der Waals surface area contributed by atoms with Gasteiger partial charge in [0.2, 0.25) is 16.0 Å². The lowest BCUT2D eigenvalue weighted by atomic mass is 10.0. The molecule has 3 aliphatic rings. The van der Waals surface area contributed by atoms with Crippen molar-refractivity contribution in [3.05, 3.63) is 29.6 Å². The van der Waals surface area contributed by atoms with Gasteiger partial charge in [-0.25, -0.2) is 26.5 Å². The molecule has 2 aliphatic heterocycles. The smallest absolute Gasteiger partial charge is 0.265 e. The SMILES string of the molecule is C=C1C(C(F)F)=Cc2cnc(NC3CCN(S(C)(=O)=O)CC3)nc2N1[C@H]1CC[C@H](O)C1. The molecule has 2 fully saturated rings. The number of aromatic nitrogens is 2. The predicted octanol–water partition coefficient (Wildman–Crippen LogP) is 2.21. The van der Waals surface area contributed by atoms with E-state index in [9.17, 15) is 22.3 Å². The molecule has 1 saturated carbocycles. The van der Waals surface area contributed by atoms with Crippen LogP contribution in [0, 0.1) is 0 Å². The van der Waals surface area contributed by atoms with Crippen molar-refractivity contribution < 1.29 is 22.3 Å². The minimum Gasteiger partial charge on any atom is -0.393 e. The Morgan fingerprint density at radius 1 is 1.26 bits per heavy atom. The summed E-state index contributed by atoms with van der Waals surface area (Å²) >= 11 is 0. The van der Waals surface area contributed by atoms with Crippen LogP contribution in [0.5, 0.6) is 0 Å². The van der Waals surface area contributed by atoms with Gasteiger partial charge in [0.15, 0.2) is 0 Å². The van der Waals surface area contributed by atoms with Crippen LogP contribution in [0.1, 0.15) is 37.7 Å². The summed E-state index contributed by atoms with van der Waals surface area (Å²) in [5, 5.41) is 13.2. The number of rotatable bonds is 5. The van der Waals surface area contributed by atoms with Crippen molar-refractivity contribution in [3.63, 3.8) is 0 Å². The molecule has 0 bridgehead atoms. The second-order valence-corrected chi connectivity index (χ2v) is 10.4. The zero-order chi connectivity index (χ0) is 22.3. The Balaban J connectivity index is 1.57. The van der Waals surface area contributed by atoms with Gasteiger partial charge in [-0.1, -0.05) is 6.58 Å². The Labute approximate surface area is 180 Å². The van der Waals surface area contributed by atoms with Gasteiger partial charge in [0, 0.05) is 48.2 Å².